The minimum Gasteiger partial charge on any atom is -0.383 e. The lowest BCUT2D eigenvalue weighted by Gasteiger charge is -2.39. The molecule has 4 rings (SSSR count). The fourth-order valence-electron chi connectivity index (χ4n) is 6.96. The van der Waals surface area contributed by atoms with Crippen LogP contribution in [0.25, 0.3) is 0 Å². The van der Waals surface area contributed by atoms with E-state index in [4.69, 9.17) is 18.6 Å². The van der Waals surface area contributed by atoms with Gasteiger partial charge in [-0.15, -0.1) is 0 Å². The van der Waals surface area contributed by atoms with Crippen molar-refractivity contribution in [3.8, 4) is 0 Å². The fourth-order valence-corrected chi connectivity index (χ4v) is 12.8. The SMILES string of the molecule is CCOC1C[C@@H]([C@H]2COC(CC)(CC)O2)[Si](c2c(C)cc(C)cc2C)(c2c(C)cc(C)cc2C)O1. The number of aryl methyl sites for hydroxylation is 6. The molecular weight excluding hydrogens is 452 g/mol. The van der Waals surface area contributed by atoms with Crippen LogP contribution < -0.4 is 10.4 Å². The molecule has 0 aromatic heterocycles. The molecule has 2 fully saturated rings. The van der Waals surface area contributed by atoms with Gasteiger partial charge in [0.1, 0.15) is 6.29 Å². The average Bonchev–Trinajstić information content (AvgIpc) is 3.35. The molecule has 0 N–H and O–H groups in total. The maximum atomic E-state index is 7.31. The summed E-state index contributed by atoms with van der Waals surface area (Å²) in [5.41, 5.74) is 8.02. The van der Waals surface area contributed by atoms with Gasteiger partial charge in [-0.05, 0) is 93.9 Å². The van der Waals surface area contributed by atoms with Crippen molar-refractivity contribution >= 4 is 18.7 Å². The molecule has 4 nitrogen and oxygen atoms in total. The summed E-state index contributed by atoms with van der Waals surface area (Å²) in [6.45, 7) is 21.0. The molecule has 2 aliphatic rings. The van der Waals surface area contributed by atoms with E-state index in [-0.39, 0.29) is 17.9 Å². The molecule has 1 unspecified atom stereocenters. The first-order valence-electron chi connectivity index (χ1n) is 13.4. The largest absolute Gasteiger partial charge is 0.383 e. The number of benzene rings is 2. The van der Waals surface area contributed by atoms with Gasteiger partial charge in [0.25, 0.3) is 8.32 Å². The summed E-state index contributed by atoms with van der Waals surface area (Å²) in [6.07, 6.45) is 2.27. The summed E-state index contributed by atoms with van der Waals surface area (Å²) >= 11 is 0. The van der Waals surface area contributed by atoms with Crippen LogP contribution in [-0.4, -0.2) is 39.7 Å². The second kappa shape index (κ2) is 10.1. The van der Waals surface area contributed by atoms with E-state index in [9.17, 15) is 0 Å². The van der Waals surface area contributed by atoms with E-state index >= 15 is 0 Å². The second-order valence-electron chi connectivity index (χ2n) is 10.7. The molecule has 2 aromatic rings. The van der Waals surface area contributed by atoms with Crippen molar-refractivity contribution in [1.29, 1.82) is 0 Å². The molecule has 5 heteroatoms. The van der Waals surface area contributed by atoms with Crippen LogP contribution in [-0.2, 0) is 18.6 Å². The Balaban J connectivity index is 2.00. The highest BCUT2D eigenvalue weighted by molar-refractivity contribution is 7.00. The zero-order valence-electron chi connectivity index (χ0n) is 23.2. The molecule has 2 aromatic carbocycles. The molecule has 2 aliphatic heterocycles. The van der Waals surface area contributed by atoms with Gasteiger partial charge in [0, 0.05) is 18.6 Å². The zero-order valence-corrected chi connectivity index (χ0v) is 24.2. The lowest BCUT2D eigenvalue weighted by atomic mass is 10.1. The Morgan fingerprint density at radius 1 is 0.829 bits per heavy atom. The summed E-state index contributed by atoms with van der Waals surface area (Å²) in [7, 11) is -2.82. The van der Waals surface area contributed by atoms with Gasteiger partial charge in [0.15, 0.2) is 5.79 Å². The van der Waals surface area contributed by atoms with E-state index in [1.54, 1.807) is 0 Å². The molecule has 0 amide bonds. The summed E-state index contributed by atoms with van der Waals surface area (Å²) in [6, 6.07) is 9.27. The van der Waals surface area contributed by atoms with E-state index in [1.165, 1.54) is 43.8 Å². The Morgan fingerprint density at radius 2 is 1.31 bits per heavy atom. The summed E-state index contributed by atoms with van der Waals surface area (Å²) < 4.78 is 26.8. The third-order valence-electron chi connectivity index (χ3n) is 8.14. The van der Waals surface area contributed by atoms with E-state index in [1.807, 2.05) is 0 Å². The third-order valence-corrected chi connectivity index (χ3v) is 13.5. The standard InChI is InChI=1S/C30H44O4Si/c1-10-30(11-2)32-18-25(33-30)26-17-27(31-12-3)34-35(26,28-21(6)13-19(4)14-22(28)7)29-23(8)15-20(5)16-24(29)9/h13-16,25-27H,10-12,17-18H2,1-9H3/t25-,26+,27?/m1/s1. The van der Waals surface area contributed by atoms with Crippen LogP contribution in [0.15, 0.2) is 24.3 Å². The third kappa shape index (κ3) is 4.55. The minimum absolute atomic E-state index is 0.0211. The molecule has 0 bridgehead atoms. The van der Waals surface area contributed by atoms with Gasteiger partial charge in [-0.2, -0.15) is 0 Å². The Kier molecular flexibility index (Phi) is 7.66. The van der Waals surface area contributed by atoms with E-state index < -0.39 is 14.1 Å². The summed E-state index contributed by atoms with van der Waals surface area (Å²) in [5, 5.41) is 2.78. The first kappa shape index (κ1) is 26.6. The molecule has 0 saturated carbocycles. The highest BCUT2D eigenvalue weighted by Crippen LogP contribution is 2.47. The summed E-state index contributed by atoms with van der Waals surface area (Å²) in [5.74, 6) is -0.497. The van der Waals surface area contributed by atoms with Crippen molar-refractivity contribution < 1.29 is 18.6 Å². The first-order valence-corrected chi connectivity index (χ1v) is 15.4. The van der Waals surface area contributed by atoms with Gasteiger partial charge in [-0.25, -0.2) is 0 Å². The molecule has 3 atom stereocenters. The van der Waals surface area contributed by atoms with E-state index in [0.29, 0.717) is 13.2 Å². The summed E-state index contributed by atoms with van der Waals surface area (Å²) in [4.78, 5) is 0. The molecular formula is C30H44O4Si. The quantitative estimate of drug-likeness (QED) is 0.462. The van der Waals surface area contributed by atoms with Crippen LogP contribution in [0.5, 0.6) is 0 Å². The fraction of sp³-hybridized carbons (Fsp3) is 0.600. The highest BCUT2D eigenvalue weighted by Gasteiger charge is 2.61. The van der Waals surface area contributed by atoms with Crippen molar-refractivity contribution in [2.24, 2.45) is 0 Å². The molecule has 2 saturated heterocycles. The molecule has 35 heavy (non-hydrogen) atoms. The number of ether oxygens (including phenoxy) is 3. The van der Waals surface area contributed by atoms with Crippen LogP contribution in [0.3, 0.4) is 0 Å². The molecule has 0 spiro atoms. The molecule has 0 radical (unpaired) electrons. The van der Waals surface area contributed by atoms with Crippen LogP contribution in [0.2, 0.25) is 5.54 Å². The van der Waals surface area contributed by atoms with Crippen molar-refractivity contribution in [2.75, 3.05) is 13.2 Å². The monoisotopic (exact) mass is 496 g/mol. The minimum atomic E-state index is -2.82. The first-order chi connectivity index (χ1) is 16.6. The second-order valence-corrected chi connectivity index (χ2v) is 14.2. The lowest BCUT2D eigenvalue weighted by molar-refractivity contribution is -0.172. The molecule has 192 valence electrons. The predicted octanol–water partition coefficient (Wildman–Crippen LogP) is 5.68. The van der Waals surface area contributed by atoms with Gasteiger partial charge in [-0.3, -0.25) is 0 Å². The van der Waals surface area contributed by atoms with Crippen molar-refractivity contribution in [2.45, 2.75) is 105 Å². The maximum Gasteiger partial charge on any atom is 0.266 e. The van der Waals surface area contributed by atoms with Crippen molar-refractivity contribution in [3.05, 3.63) is 57.6 Å². The van der Waals surface area contributed by atoms with E-state index in [2.05, 4.69) is 86.6 Å². The Morgan fingerprint density at radius 3 is 1.71 bits per heavy atom. The Bertz CT molecular complexity index is 971. The van der Waals surface area contributed by atoms with Crippen molar-refractivity contribution in [3.63, 3.8) is 0 Å². The van der Waals surface area contributed by atoms with Gasteiger partial charge in [0.2, 0.25) is 0 Å². The smallest absolute Gasteiger partial charge is 0.266 e. The van der Waals surface area contributed by atoms with Crippen LogP contribution in [0.4, 0.5) is 0 Å². The highest BCUT2D eigenvalue weighted by atomic mass is 28.4. The molecule has 0 aliphatic carbocycles. The molecule has 2 heterocycles. The number of hydrogen-bond donors (Lipinski definition) is 0. The Hall–Kier alpha value is -1.50. The van der Waals surface area contributed by atoms with Gasteiger partial charge in [0.05, 0.1) is 12.7 Å². The van der Waals surface area contributed by atoms with Crippen molar-refractivity contribution in [1.82, 2.24) is 0 Å². The number of hydrogen-bond acceptors (Lipinski definition) is 4. The maximum absolute atomic E-state index is 7.31. The lowest BCUT2D eigenvalue weighted by Crippen LogP contribution is -2.66. The van der Waals surface area contributed by atoms with Crippen LogP contribution in [0, 0.1) is 41.5 Å². The zero-order chi connectivity index (χ0) is 25.5. The van der Waals surface area contributed by atoms with Gasteiger partial charge in [-0.1, -0.05) is 49.2 Å². The van der Waals surface area contributed by atoms with E-state index in [0.717, 1.165) is 19.3 Å². The van der Waals surface area contributed by atoms with Gasteiger partial charge >= 0.3 is 0 Å². The predicted molar refractivity (Wildman–Crippen MR) is 145 cm³/mol. The topological polar surface area (TPSA) is 36.9 Å². The number of rotatable bonds is 7. The van der Waals surface area contributed by atoms with Crippen LogP contribution >= 0.6 is 0 Å². The average molecular weight is 497 g/mol. The van der Waals surface area contributed by atoms with Gasteiger partial charge < -0.3 is 18.6 Å². The normalized spacial score (nSPS) is 25.3. The van der Waals surface area contributed by atoms with Crippen LogP contribution in [0.1, 0.15) is 73.4 Å². The Labute approximate surface area is 213 Å².